The fourth-order valence-corrected chi connectivity index (χ4v) is 1.01. The Morgan fingerprint density at radius 3 is 2.35 bits per heavy atom. The fourth-order valence-electron chi connectivity index (χ4n) is 1.01. The van der Waals surface area contributed by atoms with Crippen molar-refractivity contribution in [3.8, 4) is 0 Å². The molecule has 0 aromatic rings. The second kappa shape index (κ2) is 7.10. The molecular formula is C9H15F3N2O3. The van der Waals surface area contributed by atoms with Crippen molar-refractivity contribution < 1.29 is 27.5 Å². The van der Waals surface area contributed by atoms with Crippen molar-refractivity contribution in [3.63, 3.8) is 0 Å². The molecule has 0 rings (SSSR count). The summed E-state index contributed by atoms with van der Waals surface area (Å²) >= 11 is 0. The molecule has 0 aliphatic heterocycles. The van der Waals surface area contributed by atoms with Gasteiger partial charge >= 0.3 is 12.1 Å². The number of methoxy groups -OCH3 is 1. The van der Waals surface area contributed by atoms with Crippen LogP contribution in [0.1, 0.15) is 13.3 Å². The number of esters is 1. The van der Waals surface area contributed by atoms with Crippen molar-refractivity contribution in [2.24, 2.45) is 0 Å². The van der Waals surface area contributed by atoms with E-state index in [0.717, 1.165) is 0 Å². The molecule has 0 bridgehead atoms. The first-order chi connectivity index (χ1) is 7.80. The Balaban J connectivity index is 3.94. The molecule has 17 heavy (non-hydrogen) atoms. The van der Waals surface area contributed by atoms with Gasteiger partial charge in [-0.3, -0.25) is 14.9 Å². The van der Waals surface area contributed by atoms with Crippen LogP contribution in [0.4, 0.5) is 13.2 Å². The zero-order chi connectivity index (χ0) is 13.5. The molecule has 1 amide bonds. The molecule has 1 unspecified atom stereocenters. The van der Waals surface area contributed by atoms with Crippen LogP contribution in [0.25, 0.3) is 0 Å². The zero-order valence-corrected chi connectivity index (χ0v) is 9.56. The minimum Gasteiger partial charge on any atom is -0.468 e. The van der Waals surface area contributed by atoms with Crippen molar-refractivity contribution in [1.29, 1.82) is 0 Å². The molecule has 0 spiro atoms. The van der Waals surface area contributed by atoms with Gasteiger partial charge in [-0.25, -0.2) is 0 Å². The van der Waals surface area contributed by atoms with Crippen LogP contribution in [0.15, 0.2) is 0 Å². The van der Waals surface area contributed by atoms with Crippen LogP contribution in [0.5, 0.6) is 0 Å². The molecule has 5 nitrogen and oxygen atoms in total. The number of amides is 1. The predicted molar refractivity (Wildman–Crippen MR) is 53.2 cm³/mol. The predicted octanol–water partition coefficient (Wildman–Crippen LogP) is 0.206. The smallest absolute Gasteiger partial charge is 0.405 e. The molecule has 2 N–H and O–H groups in total. The van der Waals surface area contributed by atoms with Crippen LogP contribution in [-0.2, 0) is 14.3 Å². The van der Waals surface area contributed by atoms with E-state index in [1.165, 1.54) is 7.11 Å². The highest BCUT2D eigenvalue weighted by atomic mass is 19.4. The van der Waals surface area contributed by atoms with Crippen molar-refractivity contribution in [2.45, 2.75) is 25.6 Å². The lowest BCUT2D eigenvalue weighted by Crippen LogP contribution is -2.45. The quantitative estimate of drug-likeness (QED) is 0.666. The maximum absolute atomic E-state index is 11.8. The summed E-state index contributed by atoms with van der Waals surface area (Å²) in [6.07, 6.45) is -4.07. The summed E-state index contributed by atoms with van der Waals surface area (Å²) in [7, 11) is 1.19. The molecule has 0 aromatic heterocycles. The largest absolute Gasteiger partial charge is 0.468 e. The average molecular weight is 256 g/mol. The molecule has 0 saturated heterocycles. The second-order valence-electron chi connectivity index (χ2n) is 3.26. The molecule has 0 saturated carbocycles. The van der Waals surface area contributed by atoms with Crippen LogP contribution in [0.3, 0.4) is 0 Å². The van der Waals surface area contributed by atoms with E-state index in [9.17, 15) is 22.8 Å². The summed E-state index contributed by atoms with van der Waals surface area (Å²) in [5, 5.41) is 4.18. The molecule has 0 aliphatic rings. The van der Waals surface area contributed by atoms with E-state index in [-0.39, 0.29) is 6.54 Å². The topological polar surface area (TPSA) is 67.4 Å². The molecule has 100 valence electrons. The normalized spacial score (nSPS) is 13.0. The maximum atomic E-state index is 11.8. The number of carbonyl (C=O) groups is 2. The van der Waals surface area contributed by atoms with Gasteiger partial charge in [0.1, 0.15) is 12.6 Å². The van der Waals surface area contributed by atoms with Crippen molar-refractivity contribution >= 4 is 11.9 Å². The lowest BCUT2D eigenvalue weighted by molar-refractivity contribution is -0.143. The molecule has 0 aliphatic carbocycles. The summed E-state index contributed by atoms with van der Waals surface area (Å²) in [5.41, 5.74) is 0. The number of halogens is 3. The van der Waals surface area contributed by atoms with E-state index in [1.54, 1.807) is 12.2 Å². The minimum absolute atomic E-state index is 0.371. The highest BCUT2D eigenvalue weighted by molar-refractivity contribution is 5.80. The number of rotatable bonds is 6. The van der Waals surface area contributed by atoms with Crippen molar-refractivity contribution in [2.75, 3.05) is 20.2 Å². The van der Waals surface area contributed by atoms with Gasteiger partial charge in [0.15, 0.2) is 0 Å². The van der Waals surface area contributed by atoms with Crippen LogP contribution in [0.2, 0.25) is 0 Å². The first kappa shape index (κ1) is 15.7. The third-order valence-electron chi connectivity index (χ3n) is 1.89. The van der Waals surface area contributed by atoms with Gasteiger partial charge in [0.25, 0.3) is 0 Å². The highest BCUT2D eigenvalue weighted by Crippen LogP contribution is 2.11. The monoisotopic (exact) mass is 256 g/mol. The molecular weight excluding hydrogens is 241 g/mol. The molecule has 0 aromatic carbocycles. The highest BCUT2D eigenvalue weighted by Gasteiger charge is 2.27. The van der Waals surface area contributed by atoms with Gasteiger partial charge in [0, 0.05) is 0 Å². The van der Waals surface area contributed by atoms with Crippen LogP contribution >= 0.6 is 0 Å². The van der Waals surface area contributed by atoms with Crippen LogP contribution in [0, 0.1) is 0 Å². The van der Waals surface area contributed by atoms with Crippen molar-refractivity contribution in [3.05, 3.63) is 0 Å². The second-order valence-corrected chi connectivity index (χ2v) is 3.26. The third kappa shape index (κ3) is 7.56. The summed E-state index contributed by atoms with van der Waals surface area (Å²) in [6, 6.07) is -0.698. The van der Waals surface area contributed by atoms with Gasteiger partial charge in [-0.15, -0.1) is 0 Å². The lowest BCUT2D eigenvalue weighted by atomic mass is 10.2. The van der Waals surface area contributed by atoms with Crippen LogP contribution < -0.4 is 10.6 Å². The third-order valence-corrected chi connectivity index (χ3v) is 1.89. The van der Waals surface area contributed by atoms with Gasteiger partial charge in [0.2, 0.25) is 5.91 Å². The Kier molecular flexibility index (Phi) is 6.55. The number of carbonyl (C=O) groups excluding carboxylic acids is 2. The number of hydrogen-bond acceptors (Lipinski definition) is 4. The molecule has 0 heterocycles. The van der Waals surface area contributed by atoms with E-state index in [2.05, 4.69) is 10.1 Å². The van der Waals surface area contributed by atoms with Crippen LogP contribution in [-0.4, -0.2) is 44.3 Å². The van der Waals surface area contributed by atoms with Crippen molar-refractivity contribution in [1.82, 2.24) is 10.6 Å². The van der Waals surface area contributed by atoms with Gasteiger partial charge < -0.3 is 10.1 Å². The Hall–Kier alpha value is -1.31. The maximum Gasteiger partial charge on any atom is 0.405 e. The van der Waals surface area contributed by atoms with E-state index in [1.807, 2.05) is 0 Å². The van der Waals surface area contributed by atoms with Gasteiger partial charge in [-0.05, 0) is 6.42 Å². The standard InChI is InChI=1S/C9H15F3N2O3/c1-3-6(8(16)17-2)13-4-7(15)14-5-9(10,11)12/h6,13H,3-5H2,1-2H3,(H,14,15). The summed E-state index contributed by atoms with van der Waals surface area (Å²) in [4.78, 5) is 22.1. The lowest BCUT2D eigenvalue weighted by Gasteiger charge is -2.14. The molecule has 8 heteroatoms. The van der Waals surface area contributed by atoms with E-state index in [0.29, 0.717) is 6.42 Å². The van der Waals surface area contributed by atoms with Gasteiger partial charge in [-0.1, -0.05) is 6.92 Å². The minimum atomic E-state index is -4.44. The van der Waals surface area contributed by atoms with Gasteiger partial charge in [-0.2, -0.15) is 13.2 Å². The Labute approximate surface area is 96.7 Å². The SMILES string of the molecule is CCC(NCC(=O)NCC(F)(F)F)C(=O)OC. The average Bonchev–Trinajstić information content (AvgIpc) is 2.25. The first-order valence-electron chi connectivity index (χ1n) is 4.94. The Morgan fingerprint density at radius 2 is 1.94 bits per heavy atom. The summed E-state index contributed by atoms with van der Waals surface area (Å²) in [6.45, 7) is -0.0750. The first-order valence-corrected chi connectivity index (χ1v) is 4.94. The van der Waals surface area contributed by atoms with E-state index >= 15 is 0 Å². The molecule has 0 fully saturated rings. The number of hydrogen-bond donors (Lipinski definition) is 2. The van der Waals surface area contributed by atoms with E-state index in [4.69, 9.17) is 0 Å². The Bertz CT molecular complexity index is 269. The van der Waals surface area contributed by atoms with E-state index < -0.39 is 30.6 Å². The number of nitrogens with one attached hydrogen (secondary N) is 2. The van der Waals surface area contributed by atoms with Gasteiger partial charge in [0.05, 0.1) is 13.7 Å². The zero-order valence-electron chi connectivity index (χ0n) is 9.56. The number of ether oxygens (including phenoxy) is 1. The number of alkyl halides is 3. The fraction of sp³-hybridized carbons (Fsp3) is 0.778. The molecule has 0 radical (unpaired) electrons. The summed E-state index contributed by atoms with van der Waals surface area (Å²) in [5.74, 6) is -1.39. The summed E-state index contributed by atoms with van der Waals surface area (Å²) < 4.78 is 39.7. The molecule has 1 atom stereocenters. The Morgan fingerprint density at radius 1 is 1.35 bits per heavy atom.